The van der Waals surface area contributed by atoms with Gasteiger partial charge in [-0.25, -0.2) is 0 Å². The van der Waals surface area contributed by atoms with Crippen molar-refractivity contribution in [1.29, 1.82) is 0 Å². The van der Waals surface area contributed by atoms with Crippen molar-refractivity contribution in [2.24, 2.45) is 5.73 Å². The lowest BCUT2D eigenvalue weighted by atomic mass is 10.2. The van der Waals surface area contributed by atoms with Gasteiger partial charge in [0, 0.05) is 11.6 Å². The highest BCUT2D eigenvalue weighted by molar-refractivity contribution is 7.80. The number of hydrogen-bond donors (Lipinski definition) is 1. The number of hydrogen-bond acceptors (Lipinski definition) is 4. The second kappa shape index (κ2) is 6.88. The van der Waals surface area contributed by atoms with E-state index in [0.29, 0.717) is 30.5 Å². The van der Waals surface area contributed by atoms with Crippen LogP contribution in [0.5, 0.6) is 5.75 Å². The maximum absolute atomic E-state index is 12.1. The van der Waals surface area contributed by atoms with Gasteiger partial charge < -0.3 is 20.1 Å². The lowest BCUT2D eigenvalue weighted by molar-refractivity contribution is -0.138. The van der Waals surface area contributed by atoms with Crippen LogP contribution in [0.1, 0.15) is 0 Å². The van der Waals surface area contributed by atoms with Gasteiger partial charge in [0.1, 0.15) is 16.8 Å². The van der Waals surface area contributed by atoms with Crippen molar-refractivity contribution in [2.45, 2.75) is 6.10 Å². The predicted octanol–water partition coefficient (Wildman–Crippen LogP) is 1.23. The molecule has 1 aliphatic heterocycles. The van der Waals surface area contributed by atoms with Gasteiger partial charge in [0.15, 0.2) is 6.61 Å². The fourth-order valence-corrected chi connectivity index (χ4v) is 2.16. The number of amides is 1. The van der Waals surface area contributed by atoms with Gasteiger partial charge in [-0.3, -0.25) is 4.79 Å². The average Bonchev–Trinajstić information content (AvgIpc) is 2.45. The van der Waals surface area contributed by atoms with Crippen molar-refractivity contribution >= 4 is 34.7 Å². The molecule has 1 atom stereocenters. The van der Waals surface area contributed by atoms with Gasteiger partial charge in [-0.2, -0.15) is 0 Å². The van der Waals surface area contributed by atoms with Crippen molar-refractivity contribution in [3.8, 4) is 5.75 Å². The van der Waals surface area contributed by atoms with Crippen LogP contribution in [0.4, 0.5) is 0 Å². The zero-order valence-corrected chi connectivity index (χ0v) is 12.3. The van der Waals surface area contributed by atoms with Gasteiger partial charge in [0.05, 0.1) is 13.2 Å². The molecule has 1 unspecified atom stereocenters. The maximum atomic E-state index is 12.1. The van der Waals surface area contributed by atoms with Crippen LogP contribution in [0, 0.1) is 0 Å². The summed E-state index contributed by atoms with van der Waals surface area (Å²) in [5.74, 6) is 0.430. The van der Waals surface area contributed by atoms with Crippen LogP contribution < -0.4 is 10.5 Å². The zero-order valence-electron chi connectivity index (χ0n) is 10.8. The number of carbonyl (C=O) groups is 1. The highest BCUT2D eigenvalue weighted by atomic mass is 35.5. The quantitative estimate of drug-likeness (QED) is 0.847. The molecule has 7 heteroatoms. The zero-order chi connectivity index (χ0) is 14.5. The molecule has 1 heterocycles. The lowest BCUT2D eigenvalue weighted by Crippen LogP contribution is -2.51. The molecule has 0 aromatic heterocycles. The Morgan fingerprint density at radius 3 is 3.10 bits per heavy atom. The van der Waals surface area contributed by atoms with E-state index >= 15 is 0 Å². The summed E-state index contributed by atoms with van der Waals surface area (Å²) in [6, 6.07) is 6.91. The van der Waals surface area contributed by atoms with E-state index in [1.54, 1.807) is 29.2 Å². The van der Waals surface area contributed by atoms with Crippen molar-refractivity contribution in [3.63, 3.8) is 0 Å². The van der Waals surface area contributed by atoms with Crippen molar-refractivity contribution < 1.29 is 14.3 Å². The molecule has 2 rings (SSSR count). The Balaban J connectivity index is 1.87. The Labute approximate surface area is 127 Å². The van der Waals surface area contributed by atoms with E-state index in [1.165, 1.54) is 0 Å². The van der Waals surface area contributed by atoms with E-state index in [9.17, 15) is 4.79 Å². The summed E-state index contributed by atoms with van der Waals surface area (Å²) < 4.78 is 10.8. The third-order valence-corrected chi connectivity index (χ3v) is 3.39. The molecule has 1 fully saturated rings. The summed E-state index contributed by atoms with van der Waals surface area (Å²) in [6.45, 7) is 1.25. The molecule has 1 saturated heterocycles. The molecule has 108 valence electrons. The second-order valence-corrected chi connectivity index (χ2v) is 5.26. The number of ether oxygens (including phenoxy) is 2. The van der Waals surface area contributed by atoms with Crippen LogP contribution in [0.2, 0.25) is 5.02 Å². The Bertz CT molecular complexity index is 512. The Morgan fingerprint density at radius 2 is 2.40 bits per heavy atom. The van der Waals surface area contributed by atoms with E-state index in [-0.39, 0.29) is 23.6 Å². The molecular weight excluding hydrogens is 300 g/mol. The van der Waals surface area contributed by atoms with E-state index in [1.807, 2.05) is 0 Å². The number of rotatable bonds is 4. The van der Waals surface area contributed by atoms with Crippen LogP contribution in [0.15, 0.2) is 24.3 Å². The number of thiocarbonyl (C=S) groups is 1. The number of nitrogens with zero attached hydrogens (tertiary/aromatic N) is 1. The number of benzene rings is 1. The normalized spacial score (nSPS) is 18.6. The fourth-order valence-electron chi connectivity index (χ4n) is 1.84. The SMILES string of the molecule is NC(=S)C1CN(C(=O)COc2cccc(Cl)c2)CCO1. The molecule has 1 aliphatic rings. The number of nitrogens with two attached hydrogens (primary N) is 1. The van der Waals surface area contributed by atoms with Gasteiger partial charge in [-0.1, -0.05) is 29.9 Å². The average molecular weight is 315 g/mol. The van der Waals surface area contributed by atoms with Gasteiger partial charge in [-0.05, 0) is 18.2 Å². The molecular formula is C13H15ClN2O3S. The van der Waals surface area contributed by atoms with Crippen LogP contribution >= 0.6 is 23.8 Å². The standard InChI is InChI=1S/C13H15ClN2O3S/c14-9-2-1-3-10(6-9)19-8-12(17)16-4-5-18-11(7-16)13(15)20/h1-3,6,11H,4-5,7-8H2,(H2,15,20). The minimum atomic E-state index is -0.381. The first-order valence-corrected chi connectivity index (χ1v) is 6.92. The summed E-state index contributed by atoms with van der Waals surface area (Å²) in [5, 5.41) is 0.565. The van der Waals surface area contributed by atoms with Crippen LogP contribution in [0.3, 0.4) is 0 Å². The van der Waals surface area contributed by atoms with Crippen LogP contribution in [-0.2, 0) is 9.53 Å². The largest absolute Gasteiger partial charge is 0.484 e. The molecule has 20 heavy (non-hydrogen) atoms. The van der Waals surface area contributed by atoms with E-state index in [4.69, 9.17) is 39.0 Å². The van der Waals surface area contributed by atoms with E-state index in [0.717, 1.165) is 0 Å². The maximum Gasteiger partial charge on any atom is 0.260 e. The first kappa shape index (κ1) is 15.0. The molecule has 5 nitrogen and oxygen atoms in total. The monoisotopic (exact) mass is 314 g/mol. The third kappa shape index (κ3) is 4.06. The highest BCUT2D eigenvalue weighted by Crippen LogP contribution is 2.17. The molecule has 2 N–H and O–H groups in total. The van der Waals surface area contributed by atoms with Crippen molar-refractivity contribution in [1.82, 2.24) is 4.90 Å². The van der Waals surface area contributed by atoms with Gasteiger partial charge >= 0.3 is 0 Å². The van der Waals surface area contributed by atoms with Gasteiger partial charge in [0.2, 0.25) is 0 Å². The van der Waals surface area contributed by atoms with Crippen molar-refractivity contribution in [3.05, 3.63) is 29.3 Å². The summed E-state index contributed by atoms with van der Waals surface area (Å²) in [4.78, 5) is 14.0. The first-order valence-electron chi connectivity index (χ1n) is 6.13. The molecule has 0 bridgehead atoms. The minimum Gasteiger partial charge on any atom is -0.484 e. The van der Waals surface area contributed by atoms with Crippen LogP contribution in [-0.4, -0.2) is 48.2 Å². The lowest BCUT2D eigenvalue weighted by Gasteiger charge is -2.32. The molecule has 0 aliphatic carbocycles. The molecule has 0 saturated carbocycles. The smallest absolute Gasteiger partial charge is 0.260 e. The number of halogens is 1. The fraction of sp³-hybridized carbons (Fsp3) is 0.385. The highest BCUT2D eigenvalue weighted by Gasteiger charge is 2.25. The van der Waals surface area contributed by atoms with E-state index in [2.05, 4.69) is 0 Å². The summed E-state index contributed by atoms with van der Waals surface area (Å²) >= 11 is 10.7. The topological polar surface area (TPSA) is 64.8 Å². The summed E-state index contributed by atoms with van der Waals surface area (Å²) in [6.07, 6.45) is -0.381. The molecule has 1 aromatic carbocycles. The Morgan fingerprint density at radius 1 is 1.60 bits per heavy atom. The molecule has 0 radical (unpaired) electrons. The van der Waals surface area contributed by atoms with Gasteiger partial charge in [-0.15, -0.1) is 0 Å². The van der Waals surface area contributed by atoms with E-state index < -0.39 is 0 Å². The third-order valence-electron chi connectivity index (χ3n) is 2.89. The van der Waals surface area contributed by atoms with Gasteiger partial charge in [0.25, 0.3) is 5.91 Å². The Kier molecular flexibility index (Phi) is 5.17. The molecule has 1 aromatic rings. The second-order valence-electron chi connectivity index (χ2n) is 4.35. The van der Waals surface area contributed by atoms with Crippen molar-refractivity contribution in [2.75, 3.05) is 26.3 Å². The number of carbonyl (C=O) groups excluding carboxylic acids is 1. The predicted molar refractivity (Wildman–Crippen MR) is 80.1 cm³/mol. The first-order chi connectivity index (χ1) is 9.56. The summed E-state index contributed by atoms with van der Waals surface area (Å²) in [7, 11) is 0. The minimum absolute atomic E-state index is 0.0512. The molecule has 0 spiro atoms. The number of morpholine rings is 1. The molecule has 1 amide bonds. The Hall–Kier alpha value is -1.37. The summed E-state index contributed by atoms with van der Waals surface area (Å²) in [5.41, 5.74) is 5.53. The van der Waals surface area contributed by atoms with Crippen LogP contribution in [0.25, 0.3) is 0 Å².